The fraction of sp³-hybridized carbons (Fsp3) is 0.684. The molecule has 0 bridgehead atoms. The molecule has 1 atom stereocenters. The van der Waals surface area contributed by atoms with Crippen molar-refractivity contribution in [2.45, 2.75) is 64.8 Å². The van der Waals surface area contributed by atoms with Gasteiger partial charge in [0.15, 0.2) is 0 Å². The molecule has 0 spiro atoms. The number of hydrogen-bond acceptors (Lipinski definition) is 2. The van der Waals surface area contributed by atoms with Crippen LogP contribution in [0.3, 0.4) is 0 Å². The standard InChI is InChI=1S/C19H31NO/c1-3-5-6-7-14-21-18-12-10-17(11-13-18)19(4-2)20-15-16-8-9-16/h10-13,16,19-20H,3-9,14-15H2,1-2H3. The Balaban J connectivity index is 1.73. The van der Waals surface area contributed by atoms with Gasteiger partial charge in [-0.1, -0.05) is 45.2 Å². The number of benzene rings is 1. The molecule has 0 saturated heterocycles. The van der Waals surface area contributed by atoms with Crippen molar-refractivity contribution >= 4 is 0 Å². The molecule has 1 aromatic carbocycles. The van der Waals surface area contributed by atoms with Gasteiger partial charge in [-0.25, -0.2) is 0 Å². The fourth-order valence-corrected chi connectivity index (χ4v) is 2.64. The van der Waals surface area contributed by atoms with Crippen LogP contribution in [0.4, 0.5) is 0 Å². The average Bonchev–Trinajstić information content (AvgIpc) is 3.33. The lowest BCUT2D eigenvalue weighted by molar-refractivity contribution is 0.305. The van der Waals surface area contributed by atoms with Gasteiger partial charge in [-0.15, -0.1) is 0 Å². The summed E-state index contributed by atoms with van der Waals surface area (Å²) in [7, 11) is 0. The first-order valence-corrected chi connectivity index (χ1v) is 8.79. The van der Waals surface area contributed by atoms with E-state index in [1.165, 1.54) is 44.2 Å². The molecule has 1 unspecified atom stereocenters. The van der Waals surface area contributed by atoms with Crippen LogP contribution in [0.25, 0.3) is 0 Å². The molecule has 1 saturated carbocycles. The topological polar surface area (TPSA) is 21.3 Å². The van der Waals surface area contributed by atoms with Crippen LogP contribution in [0.5, 0.6) is 5.75 Å². The van der Waals surface area contributed by atoms with Crippen LogP contribution in [0.15, 0.2) is 24.3 Å². The molecule has 0 amide bonds. The minimum absolute atomic E-state index is 0.490. The van der Waals surface area contributed by atoms with Crippen molar-refractivity contribution in [3.8, 4) is 5.75 Å². The molecule has 21 heavy (non-hydrogen) atoms. The van der Waals surface area contributed by atoms with Crippen LogP contribution in [-0.4, -0.2) is 13.2 Å². The summed E-state index contributed by atoms with van der Waals surface area (Å²) in [6, 6.07) is 9.17. The van der Waals surface area contributed by atoms with Crippen molar-refractivity contribution in [1.29, 1.82) is 0 Å². The van der Waals surface area contributed by atoms with Gasteiger partial charge in [-0.2, -0.15) is 0 Å². The summed E-state index contributed by atoms with van der Waals surface area (Å²) in [6.45, 7) is 6.51. The van der Waals surface area contributed by atoms with Gasteiger partial charge in [-0.3, -0.25) is 0 Å². The van der Waals surface area contributed by atoms with E-state index in [1.54, 1.807) is 0 Å². The second kappa shape index (κ2) is 9.09. The number of rotatable bonds is 11. The van der Waals surface area contributed by atoms with Gasteiger partial charge in [-0.05, 0) is 55.8 Å². The molecule has 1 aromatic rings. The minimum atomic E-state index is 0.490. The first-order chi connectivity index (χ1) is 10.3. The van der Waals surface area contributed by atoms with Crippen LogP contribution in [0.2, 0.25) is 0 Å². The van der Waals surface area contributed by atoms with Gasteiger partial charge in [0.2, 0.25) is 0 Å². The van der Waals surface area contributed by atoms with E-state index in [2.05, 4.69) is 43.4 Å². The van der Waals surface area contributed by atoms with Crippen molar-refractivity contribution in [3.63, 3.8) is 0 Å². The molecule has 2 heteroatoms. The van der Waals surface area contributed by atoms with E-state index >= 15 is 0 Å². The highest BCUT2D eigenvalue weighted by molar-refractivity contribution is 5.29. The van der Waals surface area contributed by atoms with Gasteiger partial charge in [0.1, 0.15) is 5.75 Å². The Morgan fingerprint density at radius 3 is 2.48 bits per heavy atom. The van der Waals surface area contributed by atoms with E-state index in [1.807, 2.05) is 0 Å². The Bertz CT molecular complexity index is 383. The second-order valence-electron chi connectivity index (χ2n) is 6.29. The van der Waals surface area contributed by atoms with E-state index < -0.39 is 0 Å². The fourth-order valence-electron chi connectivity index (χ4n) is 2.64. The molecule has 118 valence electrons. The third-order valence-corrected chi connectivity index (χ3v) is 4.31. The lowest BCUT2D eigenvalue weighted by Gasteiger charge is -2.18. The quantitative estimate of drug-likeness (QED) is 0.572. The first-order valence-electron chi connectivity index (χ1n) is 8.79. The zero-order chi connectivity index (χ0) is 14.9. The molecule has 0 heterocycles. The van der Waals surface area contributed by atoms with Crippen LogP contribution < -0.4 is 10.1 Å². The van der Waals surface area contributed by atoms with Crippen LogP contribution in [-0.2, 0) is 0 Å². The summed E-state index contributed by atoms with van der Waals surface area (Å²) < 4.78 is 5.81. The normalized spacial score (nSPS) is 15.9. The van der Waals surface area contributed by atoms with Gasteiger partial charge >= 0.3 is 0 Å². The minimum Gasteiger partial charge on any atom is -0.494 e. The lowest BCUT2D eigenvalue weighted by atomic mass is 10.0. The van der Waals surface area contributed by atoms with E-state index in [-0.39, 0.29) is 0 Å². The maximum absolute atomic E-state index is 5.81. The number of nitrogens with one attached hydrogen (secondary N) is 1. The first kappa shape index (κ1) is 16.4. The van der Waals surface area contributed by atoms with Crippen LogP contribution in [0, 0.1) is 5.92 Å². The summed E-state index contributed by atoms with van der Waals surface area (Å²) in [4.78, 5) is 0. The third-order valence-electron chi connectivity index (χ3n) is 4.31. The monoisotopic (exact) mass is 289 g/mol. The van der Waals surface area contributed by atoms with Gasteiger partial charge < -0.3 is 10.1 Å². The third kappa shape index (κ3) is 6.09. The maximum Gasteiger partial charge on any atom is 0.119 e. The Kier molecular flexibility index (Phi) is 7.08. The van der Waals surface area contributed by atoms with Gasteiger partial charge in [0.25, 0.3) is 0 Å². The molecule has 0 radical (unpaired) electrons. The molecular weight excluding hydrogens is 258 g/mol. The molecule has 2 rings (SSSR count). The zero-order valence-electron chi connectivity index (χ0n) is 13.7. The molecule has 0 aromatic heterocycles. The zero-order valence-corrected chi connectivity index (χ0v) is 13.7. The highest BCUT2D eigenvalue weighted by Gasteiger charge is 2.22. The highest BCUT2D eigenvalue weighted by Crippen LogP contribution is 2.29. The Morgan fingerprint density at radius 2 is 1.86 bits per heavy atom. The molecule has 1 aliphatic rings. The predicted octanol–water partition coefficient (Wildman–Crippen LogP) is 5.10. The summed E-state index contributed by atoms with van der Waals surface area (Å²) in [5.41, 5.74) is 1.39. The van der Waals surface area contributed by atoms with E-state index in [0.29, 0.717) is 6.04 Å². The van der Waals surface area contributed by atoms with Crippen molar-refractivity contribution in [1.82, 2.24) is 5.32 Å². The molecule has 1 fully saturated rings. The Hall–Kier alpha value is -1.02. The van der Waals surface area contributed by atoms with E-state index in [0.717, 1.165) is 31.1 Å². The van der Waals surface area contributed by atoms with E-state index in [4.69, 9.17) is 4.74 Å². The summed E-state index contributed by atoms with van der Waals surface area (Å²) >= 11 is 0. The maximum atomic E-state index is 5.81. The number of hydrogen-bond donors (Lipinski definition) is 1. The Labute approximate surface area is 130 Å². The molecule has 2 nitrogen and oxygen atoms in total. The van der Waals surface area contributed by atoms with Gasteiger partial charge in [0.05, 0.1) is 6.61 Å². The van der Waals surface area contributed by atoms with Crippen molar-refractivity contribution < 1.29 is 4.74 Å². The largest absolute Gasteiger partial charge is 0.494 e. The van der Waals surface area contributed by atoms with Crippen molar-refractivity contribution in [3.05, 3.63) is 29.8 Å². The molecule has 0 aliphatic heterocycles. The van der Waals surface area contributed by atoms with Crippen molar-refractivity contribution in [2.75, 3.05) is 13.2 Å². The van der Waals surface area contributed by atoms with Crippen LogP contribution >= 0.6 is 0 Å². The summed E-state index contributed by atoms with van der Waals surface area (Å²) in [5, 5.41) is 3.69. The van der Waals surface area contributed by atoms with E-state index in [9.17, 15) is 0 Å². The number of unbranched alkanes of at least 4 members (excludes halogenated alkanes) is 3. The summed E-state index contributed by atoms with van der Waals surface area (Å²) in [6.07, 6.45) is 8.99. The second-order valence-corrected chi connectivity index (χ2v) is 6.29. The van der Waals surface area contributed by atoms with Crippen LogP contribution in [0.1, 0.15) is 70.4 Å². The smallest absolute Gasteiger partial charge is 0.119 e. The number of ether oxygens (including phenoxy) is 1. The SMILES string of the molecule is CCCCCCOc1ccc(C(CC)NCC2CC2)cc1. The van der Waals surface area contributed by atoms with Gasteiger partial charge in [0, 0.05) is 6.04 Å². The molecular formula is C19H31NO. The predicted molar refractivity (Wildman–Crippen MR) is 89.8 cm³/mol. The van der Waals surface area contributed by atoms with Crippen molar-refractivity contribution in [2.24, 2.45) is 5.92 Å². The Morgan fingerprint density at radius 1 is 1.10 bits per heavy atom. The lowest BCUT2D eigenvalue weighted by Crippen LogP contribution is -2.22. The molecule has 1 aliphatic carbocycles. The highest BCUT2D eigenvalue weighted by atomic mass is 16.5. The average molecular weight is 289 g/mol. The summed E-state index contributed by atoms with van der Waals surface area (Å²) in [5.74, 6) is 1.94. The molecule has 1 N–H and O–H groups in total.